The summed E-state index contributed by atoms with van der Waals surface area (Å²) in [6.07, 6.45) is 3.81. The van der Waals surface area contributed by atoms with Crippen LogP contribution in [0.2, 0.25) is 0 Å². The summed E-state index contributed by atoms with van der Waals surface area (Å²) < 4.78 is 0. The second-order valence-electron chi connectivity index (χ2n) is 5.01. The molecule has 0 radical (unpaired) electrons. The first-order valence-corrected chi connectivity index (χ1v) is 6.67. The fourth-order valence-electron chi connectivity index (χ4n) is 2.60. The van der Waals surface area contributed by atoms with E-state index in [1.165, 1.54) is 22.0 Å². The number of hydrogen-bond donors (Lipinski definition) is 2. The average molecular weight is 250 g/mol. The van der Waals surface area contributed by atoms with E-state index in [0.717, 1.165) is 12.8 Å². The van der Waals surface area contributed by atoms with Crippen LogP contribution in [0.1, 0.15) is 11.1 Å². The Bertz CT molecular complexity index is 655. The van der Waals surface area contributed by atoms with Gasteiger partial charge in [-0.3, -0.25) is 0 Å². The van der Waals surface area contributed by atoms with Gasteiger partial charge in [0.05, 0.1) is 0 Å². The van der Waals surface area contributed by atoms with E-state index in [-0.39, 0.29) is 6.04 Å². The van der Waals surface area contributed by atoms with Crippen molar-refractivity contribution in [2.24, 2.45) is 5.73 Å². The Morgan fingerprint density at radius 1 is 0.895 bits per heavy atom. The second-order valence-corrected chi connectivity index (χ2v) is 5.01. The number of benzene rings is 2. The highest BCUT2D eigenvalue weighted by atomic mass is 14.7. The molecule has 3 aromatic rings. The molecule has 0 amide bonds. The molecule has 2 nitrogen and oxygen atoms in total. The maximum Gasteiger partial charge on any atom is 0.0456 e. The molecule has 1 unspecified atom stereocenters. The van der Waals surface area contributed by atoms with Gasteiger partial charge < -0.3 is 10.7 Å². The smallest absolute Gasteiger partial charge is 0.0456 e. The summed E-state index contributed by atoms with van der Waals surface area (Å²) in [6, 6.07) is 19.1. The minimum atomic E-state index is 0.155. The summed E-state index contributed by atoms with van der Waals surface area (Å²) >= 11 is 0. The predicted octanol–water partition coefficient (Wildman–Crippen LogP) is 3.28. The molecular weight excluding hydrogens is 232 g/mol. The molecule has 1 atom stereocenters. The summed E-state index contributed by atoms with van der Waals surface area (Å²) in [5, 5.41) is 1.28. The predicted molar refractivity (Wildman–Crippen MR) is 80.1 cm³/mol. The molecule has 0 aliphatic heterocycles. The van der Waals surface area contributed by atoms with E-state index >= 15 is 0 Å². The van der Waals surface area contributed by atoms with Gasteiger partial charge in [-0.15, -0.1) is 0 Å². The molecule has 0 saturated carbocycles. The third kappa shape index (κ3) is 2.69. The number of hydrogen-bond acceptors (Lipinski definition) is 1. The van der Waals surface area contributed by atoms with Crippen LogP contribution in [0.15, 0.2) is 60.8 Å². The third-order valence-electron chi connectivity index (χ3n) is 3.51. The van der Waals surface area contributed by atoms with E-state index in [1.807, 2.05) is 12.3 Å². The van der Waals surface area contributed by atoms with Crippen LogP contribution in [0.3, 0.4) is 0 Å². The number of aromatic nitrogens is 1. The molecule has 1 aromatic heterocycles. The fourth-order valence-corrected chi connectivity index (χ4v) is 2.60. The fraction of sp³-hybridized carbons (Fsp3) is 0.176. The van der Waals surface area contributed by atoms with E-state index in [9.17, 15) is 0 Å². The van der Waals surface area contributed by atoms with Crippen molar-refractivity contribution in [3.63, 3.8) is 0 Å². The quantitative estimate of drug-likeness (QED) is 0.733. The van der Waals surface area contributed by atoms with Crippen molar-refractivity contribution in [1.29, 1.82) is 0 Å². The van der Waals surface area contributed by atoms with Crippen molar-refractivity contribution in [3.8, 4) is 0 Å². The average Bonchev–Trinajstić information content (AvgIpc) is 2.89. The lowest BCUT2D eigenvalue weighted by Crippen LogP contribution is -2.25. The first-order valence-electron chi connectivity index (χ1n) is 6.67. The van der Waals surface area contributed by atoms with E-state index in [1.54, 1.807) is 0 Å². The topological polar surface area (TPSA) is 41.8 Å². The van der Waals surface area contributed by atoms with Gasteiger partial charge >= 0.3 is 0 Å². The molecule has 0 saturated heterocycles. The molecule has 3 rings (SSSR count). The maximum atomic E-state index is 6.29. The van der Waals surface area contributed by atoms with E-state index in [4.69, 9.17) is 5.73 Å². The molecule has 0 fully saturated rings. The molecule has 0 aliphatic carbocycles. The van der Waals surface area contributed by atoms with Crippen LogP contribution in [0.25, 0.3) is 10.9 Å². The third-order valence-corrected chi connectivity index (χ3v) is 3.51. The Morgan fingerprint density at radius 2 is 1.74 bits per heavy atom. The first kappa shape index (κ1) is 12.0. The Hall–Kier alpha value is -2.06. The van der Waals surface area contributed by atoms with E-state index in [2.05, 4.69) is 53.5 Å². The van der Waals surface area contributed by atoms with Crippen LogP contribution in [-0.2, 0) is 12.8 Å². The highest BCUT2D eigenvalue weighted by Crippen LogP contribution is 2.19. The highest BCUT2D eigenvalue weighted by molar-refractivity contribution is 5.82. The molecular formula is C17H18N2. The van der Waals surface area contributed by atoms with Crippen molar-refractivity contribution in [3.05, 3.63) is 71.9 Å². The normalized spacial score (nSPS) is 12.7. The molecule has 19 heavy (non-hydrogen) atoms. The van der Waals surface area contributed by atoms with Gasteiger partial charge in [-0.05, 0) is 36.1 Å². The SMILES string of the molecule is NC(Cc1ccccc1)Cc1cccc2[nH]ccc12. The lowest BCUT2D eigenvalue weighted by Gasteiger charge is -2.12. The molecule has 2 heteroatoms. The summed E-state index contributed by atoms with van der Waals surface area (Å²) in [6.45, 7) is 0. The van der Waals surface area contributed by atoms with Crippen molar-refractivity contribution in [2.45, 2.75) is 18.9 Å². The standard InChI is InChI=1S/C17H18N2/c18-15(11-13-5-2-1-3-6-13)12-14-7-4-8-17-16(14)9-10-19-17/h1-10,15,19H,11-12,18H2. The van der Waals surface area contributed by atoms with Crippen molar-refractivity contribution in [1.82, 2.24) is 4.98 Å². The molecule has 3 N–H and O–H groups in total. The van der Waals surface area contributed by atoms with Crippen LogP contribution in [0, 0.1) is 0 Å². The summed E-state index contributed by atoms with van der Waals surface area (Å²) in [4.78, 5) is 3.24. The molecule has 0 bridgehead atoms. The minimum Gasteiger partial charge on any atom is -0.361 e. The number of rotatable bonds is 4. The van der Waals surface area contributed by atoms with Gasteiger partial charge in [0, 0.05) is 23.1 Å². The van der Waals surface area contributed by atoms with Crippen LogP contribution < -0.4 is 5.73 Å². The number of fused-ring (bicyclic) bond motifs is 1. The van der Waals surface area contributed by atoms with E-state index in [0.29, 0.717) is 0 Å². The molecule has 0 aliphatic rings. The molecule has 0 spiro atoms. The number of nitrogens with two attached hydrogens (primary N) is 1. The van der Waals surface area contributed by atoms with Crippen molar-refractivity contribution < 1.29 is 0 Å². The lowest BCUT2D eigenvalue weighted by molar-refractivity contribution is 0.667. The zero-order valence-electron chi connectivity index (χ0n) is 10.8. The number of nitrogens with one attached hydrogen (secondary N) is 1. The zero-order chi connectivity index (χ0) is 13.1. The monoisotopic (exact) mass is 250 g/mol. The van der Waals surface area contributed by atoms with Crippen LogP contribution in [-0.4, -0.2) is 11.0 Å². The largest absolute Gasteiger partial charge is 0.361 e. The Balaban J connectivity index is 1.76. The Labute approximate surface area is 113 Å². The van der Waals surface area contributed by atoms with E-state index < -0.39 is 0 Å². The van der Waals surface area contributed by atoms with Crippen LogP contribution in [0.5, 0.6) is 0 Å². The zero-order valence-corrected chi connectivity index (χ0v) is 10.8. The summed E-state index contributed by atoms with van der Waals surface area (Å²) in [7, 11) is 0. The van der Waals surface area contributed by atoms with Crippen molar-refractivity contribution >= 4 is 10.9 Å². The van der Waals surface area contributed by atoms with Gasteiger partial charge in [0.1, 0.15) is 0 Å². The minimum absolute atomic E-state index is 0.155. The summed E-state index contributed by atoms with van der Waals surface area (Å²) in [5.41, 5.74) is 10.1. The number of aromatic amines is 1. The van der Waals surface area contributed by atoms with Gasteiger partial charge in [-0.2, -0.15) is 0 Å². The highest BCUT2D eigenvalue weighted by Gasteiger charge is 2.08. The molecule has 96 valence electrons. The van der Waals surface area contributed by atoms with Crippen LogP contribution in [0.4, 0.5) is 0 Å². The van der Waals surface area contributed by atoms with Gasteiger partial charge in [0.25, 0.3) is 0 Å². The Morgan fingerprint density at radius 3 is 2.58 bits per heavy atom. The van der Waals surface area contributed by atoms with Gasteiger partial charge in [-0.1, -0.05) is 42.5 Å². The second kappa shape index (κ2) is 5.29. The molecule has 2 aromatic carbocycles. The van der Waals surface area contributed by atoms with Gasteiger partial charge in [0.15, 0.2) is 0 Å². The van der Waals surface area contributed by atoms with Crippen LogP contribution >= 0.6 is 0 Å². The number of H-pyrrole nitrogens is 1. The molecule has 1 heterocycles. The lowest BCUT2D eigenvalue weighted by atomic mass is 9.98. The van der Waals surface area contributed by atoms with Gasteiger partial charge in [0.2, 0.25) is 0 Å². The van der Waals surface area contributed by atoms with Crippen molar-refractivity contribution in [2.75, 3.05) is 0 Å². The summed E-state index contributed by atoms with van der Waals surface area (Å²) in [5.74, 6) is 0. The first-order chi connectivity index (χ1) is 9.33. The Kier molecular flexibility index (Phi) is 3.34. The maximum absolute atomic E-state index is 6.29. The van der Waals surface area contributed by atoms with Gasteiger partial charge in [-0.25, -0.2) is 0 Å².